The minimum absolute atomic E-state index is 0.0499. The number of hydrogen-bond acceptors (Lipinski definition) is 5. The zero-order chi connectivity index (χ0) is 21.8. The molecule has 2 aromatic rings. The quantitative estimate of drug-likeness (QED) is 0.509. The van der Waals surface area contributed by atoms with Crippen LogP contribution in [-0.4, -0.2) is 37.7 Å². The standard InChI is InChI=1S/C20H21F3N2O4/c1-5-8-25(9-6-2)15-11-16-13(10-14(15)24-19(27)20(21,22)23)12(4)17(29-16)18(26)28-7-3/h5-6,10-11H,1-2,7-9H2,3-4H3,(H,24,27). The zero-order valence-corrected chi connectivity index (χ0v) is 16.1. The Balaban J connectivity index is 2.67. The molecule has 1 amide bonds. The average molecular weight is 410 g/mol. The van der Waals surface area contributed by atoms with Crippen LogP contribution in [0.4, 0.5) is 24.5 Å². The minimum atomic E-state index is -5.06. The average Bonchev–Trinajstić information content (AvgIpc) is 2.96. The van der Waals surface area contributed by atoms with Crippen molar-refractivity contribution in [2.24, 2.45) is 0 Å². The van der Waals surface area contributed by atoms with Crippen LogP contribution >= 0.6 is 0 Å². The van der Waals surface area contributed by atoms with E-state index in [0.717, 1.165) is 0 Å². The molecule has 0 spiro atoms. The Hall–Kier alpha value is -3.23. The first-order valence-electron chi connectivity index (χ1n) is 8.73. The Kier molecular flexibility index (Phi) is 6.73. The number of benzene rings is 1. The van der Waals surface area contributed by atoms with Crippen molar-refractivity contribution < 1.29 is 31.9 Å². The van der Waals surface area contributed by atoms with Crippen molar-refractivity contribution in [3.05, 3.63) is 48.8 Å². The molecule has 1 aromatic carbocycles. The van der Waals surface area contributed by atoms with Gasteiger partial charge in [-0.05, 0) is 19.9 Å². The molecule has 0 saturated heterocycles. The van der Waals surface area contributed by atoms with E-state index >= 15 is 0 Å². The number of rotatable bonds is 8. The van der Waals surface area contributed by atoms with Gasteiger partial charge in [0.1, 0.15) is 5.58 Å². The summed E-state index contributed by atoms with van der Waals surface area (Å²) < 4.78 is 49.0. The Bertz CT molecular complexity index is 937. The van der Waals surface area contributed by atoms with Gasteiger partial charge < -0.3 is 19.4 Å². The predicted molar refractivity (Wildman–Crippen MR) is 104 cm³/mol. The monoisotopic (exact) mass is 410 g/mol. The summed E-state index contributed by atoms with van der Waals surface area (Å²) >= 11 is 0. The maximum Gasteiger partial charge on any atom is 0.471 e. The van der Waals surface area contributed by atoms with E-state index in [9.17, 15) is 22.8 Å². The first-order valence-corrected chi connectivity index (χ1v) is 8.73. The summed E-state index contributed by atoms with van der Waals surface area (Å²) in [6, 6.07) is 2.80. The summed E-state index contributed by atoms with van der Waals surface area (Å²) in [5.41, 5.74) is 0.845. The highest BCUT2D eigenvalue weighted by molar-refractivity contribution is 6.03. The number of hydrogen-bond donors (Lipinski definition) is 1. The lowest BCUT2D eigenvalue weighted by molar-refractivity contribution is -0.167. The largest absolute Gasteiger partial charge is 0.471 e. The number of amides is 1. The van der Waals surface area contributed by atoms with Crippen LogP contribution in [0.5, 0.6) is 0 Å². The number of fused-ring (bicyclic) bond motifs is 1. The molecule has 2 rings (SSSR count). The molecule has 9 heteroatoms. The van der Waals surface area contributed by atoms with Crippen molar-refractivity contribution in [2.75, 3.05) is 29.9 Å². The summed E-state index contributed by atoms with van der Waals surface area (Å²) in [6.45, 7) is 11.2. The number of nitrogens with one attached hydrogen (secondary N) is 1. The van der Waals surface area contributed by atoms with Crippen LogP contribution < -0.4 is 10.2 Å². The fourth-order valence-corrected chi connectivity index (χ4v) is 2.78. The van der Waals surface area contributed by atoms with Gasteiger partial charge in [0.05, 0.1) is 18.0 Å². The van der Waals surface area contributed by atoms with E-state index < -0.39 is 18.1 Å². The van der Waals surface area contributed by atoms with Crippen LogP contribution in [0.1, 0.15) is 23.0 Å². The molecule has 1 aromatic heterocycles. The Labute approximate surface area is 165 Å². The number of carbonyl (C=O) groups is 2. The third kappa shape index (κ3) is 4.79. The van der Waals surface area contributed by atoms with E-state index in [1.807, 2.05) is 5.32 Å². The molecule has 6 nitrogen and oxygen atoms in total. The fourth-order valence-electron chi connectivity index (χ4n) is 2.78. The van der Waals surface area contributed by atoms with E-state index in [1.165, 1.54) is 12.1 Å². The maximum absolute atomic E-state index is 12.8. The number of nitrogens with zero attached hydrogens (tertiary/aromatic N) is 1. The van der Waals surface area contributed by atoms with Crippen LogP contribution in [0.15, 0.2) is 41.9 Å². The molecule has 0 aliphatic heterocycles. The molecule has 0 saturated carbocycles. The van der Waals surface area contributed by atoms with Gasteiger partial charge in [-0.2, -0.15) is 13.2 Å². The van der Waals surface area contributed by atoms with Gasteiger partial charge in [-0.1, -0.05) is 12.2 Å². The number of furan rings is 1. The molecule has 0 aliphatic rings. The Morgan fingerprint density at radius 3 is 2.38 bits per heavy atom. The number of esters is 1. The predicted octanol–water partition coefficient (Wildman–Crippen LogP) is 4.60. The topological polar surface area (TPSA) is 71.8 Å². The second-order valence-corrected chi connectivity index (χ2v) is 6.08. The molecule has 0 bridgehead atoms. The minimum Gasteiger partial charge on any atom is -0.460 e. The summed E-state index contributed by atoms with van der Waals surface area (Å²) in [5.74, 6) is -2.84. The van der Waals surface area contributed by atoms with Crippen LogP contribution in [0.2, 0.25) is 0 Å². The molecule has 156 valence electrons. The van der Waals surface area contributed by atoms with E-state index in [2.05, 4.69) is 13.2 Å². The lowest BCUT2D eigenvalue weighted by Gasteiger charge is -2.25. The van der Waals surface area contributed by atoms with Crippen molar-refractivity contribution >= 4 is 34.2 Å². The smallest absolute Gasteiger partial charge is 0.460 e. The van der Waals surface area contributed by atoms with Crippen molar-refractivity contribution in [3.63, 3.8) is 0 Å². The van der Waals surface area contributed by atoms with Crippen LogP contribution in [0, 0.1) is 6.92 Å². The van der Waals surface area contributed by atoms with Crippen LogP contribution in [0.3, 0.4) is 0 Å². The third-order valence-corrected chi connectivity index (χ3v) is 4.06. The second kappa shape index (κ2) is 8.85. The summed E-state index contributed by atoms with van der Waals surface area (Å²) in [5, 5.41) is 2.28. The number of aryl methyl sites for hydroxylation is 1. The third-order valence-electron chi connectivity index (χ3n) is 4.06. The lowest BCUT2D eigenvalue weighted by Crippen LogP contribution is -2.31. The molecule has 0 atom stereocenters. The van der Waals surface area contributed by atoms with Gasteiger partial charge in [-0.15, -0.1) is 13.2 Å². The molecular weight excluding hydrogens is 389 g/mol. The Morgan fingerprint density at radius 2 is 1.86 bits per heavy atom. The van der Waals surface area contributed by atoms with Crippen molar-refractivity contribution in [3.8, 4) is 0 Å². The first kappa shape index (κ1) is 22.1. The van der Waals surface area contributed by atoms with Crippen LogP contribution in [-0.2, 0) is 9.53 Å². The summed E-state index contributed by atoms with van der Waals surface area (Å²) in [6.07, 6.45) is -1.95. The molecule has 0 fully saturated rings. The molecule has 29 heavy (non-hydrogen) atoms. The highest BCUT2D eigenvalue weighted by Gasteiger charge is 2.39. The molecule has 1 heterocycles. The lowest BCUT2D eigenvalue weighted by atomic mass is 10.1. The zero-order valence-electron chi connectivity index (χ0n) is 16.1. The van der Waals surface area contributed by atoms with Crippen molar-refractivity contribution in [1.82, 2.24) is 0 Å². The normalized spacial score (nSPS) is 11.2. The molecular formula is C20H21F3N2O4. The van der Waals surface area contributed by atoms with Gasteiger partial charge in [0.25, 0.3) is 0 Å². The number of carbonyl (C=O) groups excluding carboxylic acids is 2. The van der Waals surface area contributed by atoms with E-state index in [4.69, 9.17) is 9.15 Å². The molecule has 0 radical (unpaired) electrons. The van der Waals surface area contributed by atoms with Gasteiger partial charge >= 0.3 is 18.1 Å². The summed E-state index contributed by atoms with van der Waals surface area (Å²) in [7, 11) is 0. The Morgan fingerprint density at radius 1 is 1.24 bits per heavy atom. The van der Waals surface area contributed by atoms with E-state index in [0.29, 0.717) is 10.9 Å². The fraction of sp³-hybridized carbons (Fsp3) is 0.300. The molecule has 1 N–H and O–H groups in total. The number of anilines is 2. The number of alkyl halides is 3. The van der Waals surface area contributed by atoms with Crippen molar-refractivity contribution in [1.29, 1.82) is 0 Å². The van der Waals surface area contributed by atoms with Crippen LogP contribution in [0.25, 0.3) is 11.0 Å². The van der Waals surface area contributed by atoms with Crippen molar-refractivity contribution in [2.45, 2.75) is 20.0 Å². The highest BCUT2D eigenvalue weighted by Crippen LogP contribution is 2.36. The number of ether oxygens (including phenoxy) is 1. The van der Waals surface area contributed by atoms with Gasteiger partial charge in [0.15, 0.2) is 0 Å². The second-order valence-electron chi connectivity index (χ2n) is 6.08. The van der Waals surface area contributed by atoms with E-state index in [1.54, 1.807) is 30.9 Å². The first-order chi connectivity index (χ1) is 13.6. The summed E-state index contributed by atoms with van der Waals surface area (Å²) in [4.78, 5) is 25.3. The maximum atomic E-state index is 12.8. The van der Waals surface area contributed by atoms with Gasteiger partial charge in [0, 0.05) is 30.1 Å². The van der Waals surface area contributed by atoms with Gasteiger partial charge in [-0.25, -0.2) is 4.79 Å². The highest BCUT2D eigenvalue weighted by atomic mass is 19.4. The molecule has 0 aliphatic carbocycles. The van der Waals surface area contributed by atoms with Gasteiger partial charge in [-0.3, -0.25) is 4.79 Å². The number of halogens is 3. The SMILES string of the molecule is C=CCN(CC=C)c1cc2oc(C(=O)OCC)c(C)c2cc1NC(=O)C(F)(F)F. The van der Waals surface area contributed by atoms with Gasteiger partial charge in [0.2, 0.25) is 5.76 Å². The molecule has 0 unspecified atom stereocenters. The van der Waals surface area contributed by atoms with E-state index in [-0.39, 0.29) is 42.4 Å².